The van der Waals surface area contributed by atoms with Crippen molar-refractivity contribution in [3.63, 3.8) is 0 Å². The second-order valence-electron chi connectivity index (χ2n) is 4.73. The van der Waals surface area contributed by atoms with Gasteiger partial charge in [0.05, 0.1) is 19.1 Å². The number of hydrogen-bond donors (Lipinski definition) is 1. The first-order valence-electron chi connectivity index (χ1n) is 6.53. The van der Waals surface area contributed by atoms with E-state index in [0.29, 0.717) is 6.04 Å². The third kappa shape index (κ3) is 3.83. The molecule has 0 aliphatic rings. The number of nitrogens with one attached hydrogen (secondary N) is 1. The van der Waals surface area contributed by atoms with Gasteiger partial charge in [0.1, 0.15) is 5.75 Å². The van der Waals surface area contributed by atoms with Crippen LogP contribution in [0.25, 0.3) is 0 Å². The molecule has 0 saturated carbocycles. The second kappa shape index (κ2) is 6.38. The summed E-state index contributed by atoms with van der Waals surface area (Å²) in [6.45, 7) is 3.09. The highest BCUT2D eigenvalue weighted by atomic mass is 16.5. The largest absolute Gasteiger partial charge is 0.497 e. The van der Waals surface area contributed by atoms with Crippen molar-refractivity contribution in [2.24, 2.45) is 7.05 Å². The van der Waals surface area contributed by atoms with Crippen LogP contribution < -0.4 is 10.1 Å². The fourth-order valence-electron chi connectivity index (χ4n) is 2.02. The Morgan fingerprint density at radius 2 is 2.05 bits per heavy atom. The van der Waals surface area contributed by atoms with Gasteiger partial charge < -0.3 is 14.6 Å². The van der Waals surface area contributed by atoms with E-state index in [1.165, 1.54) is 5.56 Å². The quantitative estimate of drug-likeness (QED) is 0.865. The molecular weight excluding hydrogens is 238 g/mol. The summed E-state index contributed by atoms with van der Waals surface area (Å²) < 4.78 is 7.13. The maximum atomic E-state index is 5.16. The molecule has 0 bridgehead atoms. The summed E-state index contributed by atoms with van der Waals surface area (Å²) in [7, 11) is 3.67. The fourth-order valence-corrected chi connectivity index (χ4v) is 2.02. The Balaban J connectivity index is 1.81. The summed E-state index contributed by atoms with van der Waals surface area (Å²) in [4.78, 5) is 4.31. The normalized spacial score (nSPS) is 12.4. The summed E-state index contributed by atoms with van der Waals surface area (Å²) in [6, 6.07) is 8.50. The van der Waals surface area contributed by atoms with Crippen LogP contribution >= 0.6 is 0 Å². The van der Waals surface area contributed by atoms with Gasteiger partial charge >= 0.3 is 0 Å². The van der Waals surface area contributed by atoms with Gasteiger partial charge in [0.2, 0.25) is 0 Å². The Hall–Kier alpha value is -1.81. The smallest absolute Gasteiger partial charge is 0.118 e. The summed E-state index contributed by atoms with van der Waals surface area (Å²) >= 11 is 0. The molecule has 1 heterocycles. The maximum Gasteiger partial charge on any atom is 0.118 e. The maximum absolute atomic E-state index is 5.16. The molecule has 102 valence electrons. The van der Waals surface area contributed by atoms with Crippen molar-refractivity contribution in [3.05, 3.63) is 48.0 Å². The van der Waals surface area contributed by atoms with Crippen LogP contribution in [0, 0.1) is 0 Å². The zero-order chi connectivity index (χ0) is 13.7. The van der Waals surface area contributed by atoms with Crippen LogP contribution in [0.4, 0.5) is 0 Å². The van der Waals surface area contributed by atoms with Crippen molar-refractivity contribution in [3.8, 4) is 5.75 Å². The van der Waals surface area contributed by atoms with E-state index in [-0.39, 0.29) is 0 Å². The van der Waals surface area contributed by atoms with Crippen molar-refractivity contribution < 1.29 is 4.74 Å². The molecule has 2 rings (SSSR count). The van der Waals surface area contributed by atoms with E-state index >= 15 is 0 Å². The molecule has 0 radical (unpaired) electrons. The minimum absolute atomic E-state index is 0.328. The van der Waals surface area contributed by atoms with Gasteiger partial charge in [-0.25, -0.2) is 4.98 Å². The first-order valence-corrected chi connectivity index (χ1v) is 6.53. The van der Waals surface area contributed by atoms with E-state index in [2.05, 4.69) is 35.6 Å². The number of methoxy groups -OCH3 is 1. The van der Waals surface area contributed by atoms with Crippen LogP contribution in [0.2, 0.25) is 0 Å². The molecule has 0 fully saturated rings. The van der Waals surface area contributed by atoms with Gasteiger partial charge in [0.25, 0.3) is 0 Å². The molecule has 1 N–H and O–H groups in total. The van der Waals surface area contributed by atoms with Crippen molar-refractivity contribution in [2.45, 2.75) is 19.4 Å². The molecule has 4 heteroatoms. The Morgan fingerprint density at radius 3 is 2.63 bits per heavy atom. The van der Waals surface area contributed by atoms with Crippen LogP contribution in [0.1, 0.15) is 24.2 Å². The molecule has 0 aliphatic heterocycles. The van der Waals surface area contributed by atoms with Crippen molar-refractivity contribution in [1.29, 1.82) is 0 Å². The molecule has 0 spiro atoms. The highest BCUT2D eigenvalue weighted by Gasteiger charge is 2.05. The first-order chi connectivity index (χ1) is 9.19. The SMILES string of the molecule is COc1ccc(C(C)NCCc2cn(C)cn2)cc1. The van der Waals surface area contributed by atoms with Gasteiger partial charge in [-0.1, -0.05) is 12.1 Å². The molecule has 0 saturated heterocycles. The van der Waals surface area contributed by atoms with E-state index in [4.69, 9.17) is 4.74 Å². The zero-order valence-electron chi connectivity index (χ0n) is 11.8. The van der Waals surface area contributed by atoms with Crippen LogP contribution in [0.3, 0.4) is 0 Å². The molecule has 1 aromatic heterocycles. The average molecular weight is 259 g/mol. The van der Waals surface area contributed by atoms with E-state index < -0.39 is 0 Å². The lowest BCUT2D eigenvalue weighted by molar-refractivity contribution is 0.414. The number of hydrogen-bond acceptors (Lipinski definition) is 3. The molecule has 0 amide bonds. The number of benzene rings is 1. The fraction of sp³-hybridized carbons (Fsp3) is 0.400. The summed E-state index contributed by atoms with van der Waals surface area (Å²) in [5, 5.41) is 3.50. The van der Waals surface area contributed by atoms with Gasteiger partial charge in [-0.3, -0.25) is 0 Å². The number of aromatic nitrogens is 2. The van der Waals surface area contributed by atoms with Crippen LogP contribution in [-0.4, -0.2) is 23.2 Å². The molecule has 0 aliphatic carbocycles. The lowest BCUT2D eigenvalue weighted by Crippen LogP contribution is -2.21. The minimum atomic E-state index is 0.328. The Labute approximate surface area is 114 Å². The van der Waals surface area contributed by atoms with E-state index in [0.717, 1.165) is 24.4 Å². The van der Waals surface area contributed by atoms with Gasteiger partial charge in [-0.15, -0.1) is 0 Å². The standard InChI is InChI=1S/C15H21N3O/c1-12(13-4-6-15(19-3)7-5-13)16-9-8-14-10-18(2)11-17-14/h4-7,10-12,16H,8-9H2,1-3H3. The summed E-state index contributed by atoms with van der Waals surface area (Å²) in [5.74, 6) is 0.893. The highest BCUT2D eigenvalue weighted by molar-refractivity contribution is 5.28. The molecule has 1 atom stereocenters. The lowest BCUT2D eigenvalue weighted by Gasteiger charge is -2.14. The number of rotatable bonds is 6. The Kier molecular flexibility index (Phi) is 4.58. The number of ether oxygens (including phenoxy) is 1. The predicted molar refractivity (Wildman–Crippen MR) is 76.3 cm³/mol. The third-order valence-corrected chi connectivity index (χ3v) is 3.21. The van der Waals surface area contributed by atoms with E-state index in [1.54, 1.807) is 7.11 Å². The molecule has 19 heavy (non-hydrogen) atoms. The predicted octanol–water partition coefficient (Wildman–Crippen LogP) is 2.32. The van der Waals surface area contributed by atoms with Gasteiger partial charge in [-0.2, -0.15) is 0 Å². The van der Waals surface area contributed by atoms with Crippen LogP contribution in [0.15, 0.2) is 36.8 Å². The second-order valence-corrected chi connectivity index (χ2v) is 4.73. The molecule has 2 aromatic rings. The molecular formula is C15H21N3O. The van der Waals surface area contributed by atoms with Crippen molar-refractivity contribution in [1.82, 2.24) is 14.9 Å². The van der Waals surface area contributed by atoms with Gasteiger partial charge in [-0.05, 0) is 24.6 Å². The van der Waals surface area contributed by atoms with Crippen LogP contribution in [-0.2, 0) is 13.5 Å². The van der Waals surface area contributed by atoms with E-state index in [1.807, 2.05) is 30.1 Å². The average Bonchev–Trinajstić information content (AvgIpc) is 2.84. The van der Waals surface area contributed by atoms with Gasteiger partial charge in [0, 0.05) is 32.3 Å². The van der Waals surface area contributed by atoms with Gasteiger partial charge in [0.15, 0.2) is 0 Å². The highest BCUT2D eigenvalue weighted by Crippen LogP contribution is 2.17. The molecule has 1 aromatic carbocycles. The third-order valence-electron chi connectivity index (χ3n) is 3.21. The number of aryl methyl sites for hydroxylation is 1. The lowest BCUT2D eigenvalue weighted by atomic mass is 10.1. The number of imidazole rings is 1. The first kappa shape index (κ1) is 13.6. The summed E-state index contributed by atoms with van der Waals surface area (Å²) in [5.41, 5.74) is 2.39. The van der Waals surface area contributed by atoms with Crippen molar-refractivity contribution >= 4 is 0 Å². The molecule has 4 nitrogen and oxygen atoms in total. The minimum Gasteiger partial charge on any atom is -0.497 e. The Bertz CT molecular complexity index is 504. The monoisotopic (exact) mass is 259 g/mol. The molecule has 1 unspecified atom stereocenters. The van der Waals surface area contributed by atoms with Crippen LogP contribution in [0.5, 0.6) is 5.75 Å². The number of nitrogens with zero attached hydrogens (tertiary/aromatic N) is 2. The zero-order valence-corrected chi connectivity index (χ0v) is 11.8. The summed E-state index contributed by atoms with van der Waals surface area (Å²) in [6.07, 6.45) is 4.84. The Morgan fingerprint density at radius 1 is 1.32 bits per heavy atom. The topological polar surface area (TPSA) is 39.1 Å². The van der Waals surface area contributed by atoms with E-state index in [9.17, 15) is 0 Å². The van der Waals surface area contributed by atoms with Crippen molar-refractivity contribution in [2.75, 3.05) is 13.7 Å².